The van der Waals surface area contributed by atoms with Gasteiger partial charge < -0.3 is 15.0 Å². The summed E-state index contributed by atoms with van der Waals surface area (Å²) in [7, 11) is 7.37. The molecule has 1 unspecified atom stereocenters. The summed E-state index contributed by atoms with van der Waals surface area (Å²) < 4.78 is 22.0. The molecule has 2 aromatic carbocycles. The topological polar surface area (TPSA) is 79.4 Å². The van der Waals surface area contributed by atoms with Crippen molar-refractivity contribution >= 4 is 41.0 Å². The number of anilines is 1. The third kappa shape index (κ3) is 10.4. The number of carbonyl (C=O) groups is 1. The van der Waals surface area contributed by atoms with E-state index in [0.29, 0.717) is 12.8 Å². The van der Waals surface area contributed by atoms with Crippen molar-refractivity contribution in [2.24, 2.45) is 0 Å². The van der Waals surface area contributed by atoms with Gasteiger partial charge in [0, 0.05) is 34.8 Å². The number of nitrogens with zero attached hydrogens (tertiary/aromatic N) is 1. The van der Waals surface area contributed by atoms with E-state index in [1.807, 2.05) is 30.3 Å². The molecule has 0 bridgehead atoms. The van der Waals surface area contributed by atoms with Gasteiger partial charge in [-0.1, -0.05) is 26.7 Å². The number of hydrogen-bond acceptors (Lipinski definition) is 7. The molecule has 0 saturated heterocycles. The van der Waals surface area contributed by atoms with Gasteiger partial charge >= 0.3 is 0 Å². The quantitative estimate of drug-likeness (QED) is 0.0987. The standard InChI is InChI=1S/C28H43FN4O3S2/c1-7-16-28(35-5,17-8-2)27(34)32-38-24-13-14-25(26(19-24)31-36-6)30-22(15-18-33(3)4)20-37-23-11-9-21(29)10-12-23/h9-14,19,22,30-31H,7-8,15-18,20H2,1-6H3,(H,32,34)/p+1. The molecule has 0 fully saturated rings. The molecule has 10 heteroatoms. The second kappa shape index (κ2) is 17.0. The van der Waals surface area contributed by atoms with E-state index >= 15 is 0 Å². The molecule has 0 aliphatic carbocycles. The van der Waals surface area contributed by atoms with Gasteiger partial charge in [-0.05, 0) is 88.2 Å². The van der Waals surface area contributed by atoms with Crippen molar-refractivity contribution < 1.29 is 24.2 Å². The van der Waals surface area contributed by atoms with Gasteiger partial charge in [0.25, 0.3) is 5.91 Å². The lowest BCUT2D eigenvalue weighted by Gasteiger charge is -2.30. The molecular weight excluding hydrogens is 523 g/mol. The summed E-state index contributed by atoms with van der Waals surface area (Å²) in [5, 5.41) is 3.68. The van der Waals surface area contributed by atoms with Gasteiger partial charge in [0.2, 0.25) is 0 Å². The van der Waals surface area contributed by atoms with Gasteiger partial charge in [-0.15, -0.1) is 11.8 Å². The zero-order chi connectivity index (χ0) is 28.0. The Morgan fingerprint density at radius 1 is 1.08 bits per heavy atom. The van der Waals surface area contributed by atoms with Crippen molar-refractivity contribution in [3.63, 3.8) is 0 Å². The fraction of sp³-hybridized carbons (Fsp3) is 0.536. The first-order chi connectivity index (χ1) is 18.3. The molecule has 212 valence electrons. The van der Waals surface area contributed by atoms with E-state index in [9.17, 15) is 9.18 Å². The molecule has 7 nitrogen and oxygen atoms in total. The lowest BCUT2D eigenvalue weighted by molar-refractivity contribution is -0.829. The largest absolute Gasteiger partial charge is 0.377 e. The van der Waals surface area contributed by atoms with Gasteiger partial charge in [-0.3, -0.25) is 9.52 Å². The van der Waals surface area contributed by atoms with E-state index in [2.05, 4.69) is 42.9 Å². The number of carbonyl (C=O) groups excluding carboxylic acids is 1. The Morgan fingerprint density at radius 2 is 1.74 bits per heavy atom. The monoisotopic (exact) mass is 567 g/mol. The van der Waals surface area contributed by atoms with E-state index in [-0.39, 0.29) is 17.8 Å². The number of ether oxygens (including phenoxy) is 1. The molecule has 38 heavy (non-hydrogen) atoms. The molecule has 0 saturated carbocycles. The number of quaternary nitrogens is 1. The predicted molar refractivity (Wildman–Crippen MR) is 156 cm³/mol. The second-order valence-corrected chi connectivity index (χ2v) is 11.5. The number of methoxy groups -OCH3 is 1. The molecule has 0 spiro atoms. The third-order valence-corrected chi connectivity index (χ3v) is 8.14. The number of hydrogen-bond donors (Lipinski definition) is 3. The first-order valence-corrected chi connectivity index (χ1v) is 14.9. The first-order valence-electron chi connectivity index (χ1n) is 13.1. The van der Waals surface area contributed by atoms with Gasteiger partial charge in [0.15, 0.2) is 5.69 Å². The van der Waals surface area contributed by atoms with Crippen LogP contribution in [0.25, 0.3) is 0 Å². The number of benzene rings is 2. The summed E-state index contributed by atoms with van der Waals surface area (Å²) in [4.78, 5) is 22.6. The number of rotatable bonds is 18. The maximum absolute atomic E-state index is 13.3. The summed E-state index contributed by atoms with van der Waals surface area (Å²) in [6.45, 7) is 5.06. The molecule has 0 aliphatic rings. The average molecular weight is 568 g/mol. The van der Waals surface area contributed by atoms with Gasteiger partial charge in [0.05, 0.1) is 12.8 Å². The van der Waals surface area contributed by atoms with Gasteiger partial charge in [0.1, 0.15) is 11.4 Å². The molecule has 0 heterocycles. The Bertz CT molecular complexity index is 973. The van der Waals surface area contributed by atoms with Crippen molar-refractivity contribution in [1.29, 1.82) is 0 Å². The molecule has 4 N–H and O–H groups in total. The molecule has 0 aromatic heterocycles. The number of amides is 1. The average Bonchev–Trinajstić information content (AvgIpc) is 2.90. The lowest BCUT2D eigenvalue weighted by atomic mass is 9.92. The smallest absolute Gasteiger partial charge is 0.262 e. The van der Waals surface area contributed by atoms with Crippen LogP contribution < -0.4 is 15.5 Å². The van der Waals surface area contributed by atoms with E-state index in [0.717, 1.165) is 52.7 Å². The van der Waals surface area contributed by atoms with Crippen LogP contribution in [0.4, 0.5) is 15.8 Å². The minimum Gasteiger partial charge on any atom is -0.377 e. The summed E-state index contributed by atoms with van der Waals surface area (Å²) in [6.07, 6.45) is 4.04. The zero-order valence-electron chi connectivity index (χ0n) is 23.5. The van der Waals surface area contributed by atoms with E-state index < -0.39 is 5.60 Å². The summed E-state index contributed by atoms with van der Waals surface area (Å²) >= 11 is 2.99. The molecule has 2 rings (SSSR count). The van der Waals surface area contributed by atoms with Crippen molar-refractivity contribution in [1.82, 2.24) is 9.62 Å². The summed E-state index contributed by atoms with van der Waals surface area (Å²) in [6, 6.07) is 12.8. The minimum atomic E-state index is -0.804. The van der Waals surface area contributed by atoms with Crippen LogP contribution in [0.3, 0.4) is 0 Å². The highest BCUT2D eigenvalue weighted by Gasteiger charge is 2.36. The number of nitrogens with two attached hydrogens (primary N) is 1. The maximum atomic E-state index is 13.3. The summed E-state index contributed by atoms with van der Waals surface area (Å²) in [5.41, 5.74) is 2.75. The number of nitrogens with one attached hydrogen (secondary N) is 2. The van der Waals surface area contributed by atoms with Gasteiger partial charge in [-0.2, -0.15) is 5.48 Å². The predicted octanol–water partition coefficient (Wildman–Crippen LogP) is 5.22. The summed E-state index contributed by atoms with van der Waals surface area (Å²) in [5.74, 6) is 0.496. The Labute approximate surface area is 236 Å². The second-order valence-electron chi connectivity index (χ2n) is 9.53. The van der Waals surface area contributed by atoms with Crippen LogP contribution in [0.5, 0.6) is 0 Å². The van der Waals surface area contributed by atoms with Crippen LogP contribution in [0.15, 0.2) is 52.3 Å². The number of halogens is 1. The van der Waals surface area contributed by atoms with Crippen LogP contribution in [0.2, 0.25) is 0 Å². The molecule has 1 atom stereocenters. The molecule has 2 aromatic rings. The van der Waals surface area contributed by atoms with Gasteiger partial charge in [-0.25, -0.2) is 9.23 Å². The Morgan fingerprint density at radius 3 is 2.32 bits per heavy atom. The van der Waals surface area contributed by atoms with Crippen molar-refractivity contribution in [2.45, 2.75) is 67.4 Å². The lowest BCUT2D eigenvalue weighted by Crippen LogP contribution is -2.76. The van der Waals surface area contributed by atoms with Crippen molar-refractivity contribution in [2.75, 3.05) is 45.9 Å². The zero-order valence-corrected chi connectivity index (χ0v) is 25.1. The van der Waals surface area contributed by atoms with E-state index in [1.54, 1.807) is 31.5 Å². The maximum Gasteiger partial charge on any atom is 0.262 e. The van der Waals surface area contributed by atoms with Crippen LogP contribution >= 0.6 is 23.7 Å². The fourth-order valence-corrected chi connectivity index (χ4v) is 5.86. The van der Waals surface area contributed by atoms with Crippen LogP contribution in [0.1, 0.15) is 46.0 Å². The Kier molecular flexibility index (Phi) is 14.5. The highest BCUT2D eigenvalue weighted by atomic mass is 32.2. The van der Waals surface area contributed by atoms with E-state index in [1.165, 1.54) is 24.1 Å². The Balaban J connectivity index is 2.14. The minimum absolute atomic E-state index is 0.102. The van der Waals surface area contributed by atoms with Crippen LogP contribution in [0, 0.1) is 5.82 Å². The highest BCUT2D eigenvalue weighted by molar-refractivity contribution is 7.99. The number of thioether (sulfide) groups is 1. The fourth-order valence-electron chi connectivity index (χ4n) is 4.17. The first kappa shape index (κ1) is 32.4. The molecule has 1 amide bonds. The third-order valence-electron chi connectivity index (χ3n) is 6.19. The van der Waals surface area contributed by atoms with Crippen LogP contribution in [-0.4, -0.2) is 63.1 Å². The highest BCUT2D eigenvalue weighted by Crippen LogP contribution is 2.29. The molecular formula is C28H44FN4O3S2+. The Hall–Kier alpha value is -1.82. The van der Waals surface area contributed by atoms with E-state index in [4.69, 9.17) is 9.57 Å². The molecule has 0 aliphatic heterocycles. The van der Waals surface area contributed by atoms with Crippen molar-refractivity contribution in [3.8, 4) is 0 Å². The normalized spacial score (nSPS) is 12.5. The van der Waals surface area contributed by atoms with Crippen LogP contribution in [-0.2, 0) is 14.4 Å². The molecule has 0 radical (unpaired) electrons. The SMILES string of the molecule is CCCC(CCC)(OC)C(=O)NSc1ccc(NC(CCN(C)C)CSc2ccc(F)cc2)c([NH2+]OC)c1. The van der Waals surface area contributed by atoms with Crippen molar-refractivity contribution in [3.05, 3.63) is 48.3 Å².